The van der Waals surface area contributed by atoms with Gasteiger partial charge in [-0.15, -0.1) is 0 Å². The van der Waals surface area contributed by atoms with E-state index < -0.39 is 5.97 Å². The minimum atomic E-state index is -0.998. The Hall–Kier alpha value is -1.84. The van der Waals surface area contributed by atoms with Gasteiger partial charge in [-0.2, -0.15) is 0 Å². The summed E-state index contributed by atoms with van der Waals surface area (Å²) in [5.41, 5.74) is 0.724. The maximum atomic E-state index is 11.8. The van der Waals surface area contributed by atoms with E-state index in [1.165, 1.54) is 63.9 Å². The molecule has 0 amide bonds. The van der Waals surface area contributed by atoms with Crippen LogP contribution in [0.25, 0.3) is 0 Å². The standard InChI is InChI=1S/C22H34O4/c1-2-3-4-5-6-7-8-9-10-11-12-17-21(23)26-18-19-15-13-14-16-20(19)22(24)25/h13-16H,2-12,17-18H2,1H3,(H,24,25). The third kappa shape index (κ3) is 10.2. The van der Waals surface area contributed by atoms with Crippen molar-refractivity contribution in [3.63, 3.8) is 0 Å². The molecule has 0 heterocycles. The number of hydrogen-bond donors (Lipinski definition) is 1. The molecule has 4 heteroatoms. The lowest BCUT2D eigenvalue weighted by Crippen LogP contribution is -2.08. The van der Waals surface area contributed by atoms with E-state index in [2.05, 4.69) is 6.92 Å². The predicted molar refractivity (Wildman–Crippen MR) is 104 cm³/mol. The third-order valence-corrected chi connectivity index (χ3v) is 4.62. The van der Waals surface area contributed by atoms with Crippen LogP contribution in [0.5, 0.6) is 0 Å². The number of benzene rings is 1. The summed E-state index contributed by atoms with van der Waals surface area (Å²) in [6, 6.07) is 6.62. The number of esters is 1. The molecule has 146 valence electrons. The Bertz CT molecular complexity index is 525. The molecule has 1 rings (SSSR count). The Morgan fingerprint density at radius 1 is 0.846 bits per heavy atom. The van der Waals surface area contributed by atoms with Gasteiger partial charge in [0.25, 0.3) is 0 Å². The molecule has 4 nitrogen and oxygen atoms in total. The highest BCUT2D eigenvalue weighted by Crippen LogP contribution is 2.13. The SMILES string of the molecule is CCCCCCCCCCCCCC(=O)OCc1ccccc1C(=O)O. The molecule has 1 aromatic carbocycles. The molecule has 0 spiro atoms. The van der Waals surface area contributed by atoms with Gasteiger partial charge in [-0.25, -0.2) is 4.79 Å². The summed E-state index contributed by atoms with van der Waals surface area (Å²) in [6.45, 7) is 2.27. The van der Waals surface area contributed by atoms with Crippen LogP contribution >= 0.6 is 0 Å². The lowest BCUT2D eigenvalue weighted by Gasteiger charge is -2.07. The van der Waals surface area contributed by atoms with Crippen LogP contribution in [0.2, 0.25) is 0 Å². The molecule has 1 aromatic rings. The fourth-order valence-electron chi connectivity index (χ4n) is 3.02. The monoisotopic (exact) mass is 362 g/mol. The van der Waals surface area contributed by atoms with Gasteiger partial charge in [0.2, 0.25) is 0 Å². The Morgan fingerprint density at radius 2 is 1.38 bits per heavy atom. The number of aromatic carboxylic acids is 1. The fourth-order valence-corrected chi connectivity index (χ4v) is 3.02. The second kappa shape index (κ2) is 14.3. The van der Waals surface area contributed by atoms with E-state index in [-0.39, 0.29) is 18.1 Å². The molecule has 0 bridgehead atoms. The van der Waals surface area contributed by atoms with E-state index in [0.717, 1.165) is 12.8 Å². The molecule has 26 heavy (non-hydrogen) atoms. The summed E-state index contributed by atoms with van der Waals surface area (Å²) in [7, 11) is 0. The summed E-state index contributed by atoms with van der Waals surface area (Å²) in [5.74, 6) is -1.25. The molecular weight excluding hydrogens is 328 g/mol. The van der Waals surface area contributed by atoms with E-state index in [1.54, 1.807) is 18.2 Å². The van der Waals surface area contributed by atoms with Crippen LogP contribution < -0.4 is 0 Å². The Labute approximate surface area is 158 Å². The maximum absolute atomic E-state index is 11.8. The fraction of sp³-hybridized carbons (Fsp3) is 0.636. The van der Waals surface area contributed by atoms with Crippen LogP contribution in [0.3, 0.4) is 0 Å². The number of carbonyl (C=O) groups excluding carboxylic acids is 1. The highest BCUT2D eigenvalue weighted by molar-refractivity contribution is 5.89. The van der Waals surface area contributed by atoms with E-state index in [9.17, 15) is 9.59 Å². The average Bonchev–Trinajstić information content (AvgIpc) is 2.64. The van der Waals surface area contributed by atoms with Crippen LogP contribution in [0.1, 0.15) is 99.9 Å². The van der Waals surface area contributed by atoms with Crippen molar-refractivity contribution < 1.29 is 19.4 Å². The number of carboxylic acids is 1. The Balaban J connectivity index is 2.02. The number of carbonyl (C=O) groups is 2. The van der Waals surface area contributed by atoms with Crippen molar-refractivity contribution in [3.8, 4) is 0 Å². The molecular formula is C22H34O4. The molecule has 0 saturated carbocycles. The summed E-state index contributed by atoms with van der Waals surface area (Å²) >= 11 is 0. The van der Waals surface area contributed by atoms with Gasteiger partial charge >= 0.3 is 11.9 Å². The molecule has 0 aromatic heterocycles. The van der Waals surface area contributed by atoms with Crippen molar-refractivity contribution in [2.75, 3.05) is 0 Å². The topological polar surface area (TPSA) is 63.6 Å². The van der Waals surface area contributed by atoms with Gasteiger partial charge in [-0.05, 0) is 12.5 Å². The van der Waals surface area contributed by atoms with Crippen LogP contribution in [-0.4, -0.2) is 17.0 Å². The first-order chi connectivity index (χ1) is 12.6. The molecule has 0 radical (unpaired) electrons. The van der Waals surface area contributed by atoms with Gasteiger partial charge in [0.15, 0.2) is 0 Å². The second-order valence-corrected chi connectivity index (χ2v) is 6.91. The quantitative estimate of drug-likeness (QED) is 0.301. The summed E-state index contributed by atoms with van der Waals surface area (Å²) in [6.07, 6.45) is 14.1. The minimum absolute atomic E-state index is 0.0271. The van der Waals surface area contributed by atoms with Gasteiger partial charge in [-0.1, -0.05) is 89.3 Å². The minimum Gasteiger partial charge on any atom is -0.478 e. The Morgan fingerprint density at radius 3 is 1.96 bits per heavy atom. The molecule has 0 saturated heterocycles. The predicted octanol–water partition coefficient (Wildman–Crippen LogP) is 6.13. The summed E-state index contributed by atoms with van der Waals surface area (Å²) in [5, 5.41) is 9.11. The van der Waals surface area contributed by atoms with Gasteiger partial charge < -0.3 is 9.84 Å². The van der Waals surface area contributed by atoms with Crippen molar-refractivity contribution in [2.45, 2.75) is 90.6 Å². The second-order valence-electron chi connectivity index (χ2n) is 6.91. The van der Waals surface area contributed by atoms with Crippen LogP contribution in [0.4, 0.5) is 0 Å². The van der Waals surface area contributed by atoms with Crippen LogP contribution in [0, 0.1) is 0 Å². The Kier molecular flexibility index (Phi) is 12.2. The first kappa shape index (κ1) is 22.2. The van der Waals surface area contributed by atoms with Crippen LogP contribution in [-0.2, 0) is 16.1 Å². The average molecular weight is 363 g/mol. The van der Waals surface area contributed by atoms with Crippen LogP contribution in [0.15, 0.2) is 24.3 Å². The molecule has 0 aliphatic heterocycles. The largest absolute Gasteiger partial charge is 0.478 e. The molecule has 0 aliphatic rings. The van der Waals surface area contributed by atoms with Gasteiger partial charge in [-0.3, -0.25) is 4.79 Å². The molecule has 0 atom stereocenters. The van der Waals surface area contributed by atoms with Crippen molar-refractivity contribution in [3.05, 3.63) is 35.4 Å². The molecule has 1 N–H and O–H groups in total. The highest BCUT2D eigenvalue weighted by atomic mass is 16.5. The van der Waals surface area contributed by atoms with Crippen molar-refractivity contribution >= 4 is 11.9 Å². The first-order valence-corrected chi connectivity index (χ1v) is 10.1. The number of rotatable bonds is 15. The normalized spacial score (nSPS) is 10.7. The zero-order valence-electron chi connectivity index (χ0n) is 16.2. The van der Waals surface area contributed by atoms with E-state index in [1.807, 2.05) is 0 Å². The van der Waals surface area contributed by atoms with E-state index in [0.29, 0.717) is 12.0 Å². The zero-order chi connectivity index (χ0) is 19.0. The van der Waals surface area contributed by atoms with Gasteiger partial charge in [0.05, 0.1) is 5.56 Å². The molecule has 0 unspecified atom stereocenters. The van der Waals surface area contributed by atoms with E-state index in [4.69, 9.17) is 9.84 Å². The summed E-state index contributed by atoms with van der Waals surface area (Å²) in [4.78, 5) is 22.9. The molecule has 0 aliphatic carbocycles. The maximum Gasteiger partial charge on any atom is 0.336 e. The van der Waals surface area contributed by atoms with Gasteiger partial charge in [0.1, 0.15) is 6.61 Å². The first-order valence-electron chi connectivity index (χ1n) is 10.1. The third-order valence-electron chi connectivity index (χ3n) is 4.62. The number of carboxylic acid groups (broad SMARTS) is 1. The number of hydrogen-bond acceptors (Lipinski definition) is 3. The smallest absolute Gasteiger partial charge is 0.336 e. The van der Waals surface area contributed by atoms with E-state index >= 15 is 0 Å². The zero-order valence-corrected chi connectivity index (χ0v) is 16.2. The lowest BCUT2D eigenvalue weighted by molar-refractivity contribution is -0.145. The number of ether oxygens (including phenoxy) is 1. The lowest BCUT2D eigenvalue weighted by atomic mass is 10.1. The summed E-state index contributed by atoms with van der Waals surface area (Å²) < 4.78 is 5.21. The molecule has 0 fully saturated rings. The highest BCUT2D eigenvalue weighted by Gasteiger charge is 2.11. The van der Waals surface area contributed by atoms with Crippen molar-refractivity contribution in [1.82, 2.24) is 0 Å². The van der Waals surface area contributed by atoms with Gasteiger partial charge in [0, 0.05) is 12.0 Å². The van der Waals surface area contributed by atoms with Crippen molar-refractivity contribution in [1.29, 1.82) is 0 Å². The van der Waals surface area contributed by atoms with Crippen molar-refractivity contribution in [2.24, 2.45) is 0 Å². The number of unbranched alkanes of at least 4 members (excludes halogenated alkanes) is 10.